The number of fused-ring (bicyclic) bond motifs is 1. The van der Waals surface area contributed by atoms with E-state index >= 15 is 0 Å². The number of rotatable bonds is 3. The van der Waals surface area contributed by atoms with Gasteiger partial charge >= 0.3 is 0 Å². The summed E-state index contributed by atoms with van der Waals surface area (Å²) in [7, 11) is -3.58. The number of hydrogen-bond donors (Lipinski definition) is 1. The van der Waals surface area contributed by atoms with Crippen LogP contribution < -0.4 is 4.72 Å². The maximum atomic E-state index is 12.5. The van der Waals surface area contributed by atoms with Gasteiger partial charge in [-0.05, 0) is 77.5 Å². The Bertz CT molecular complexity index is 803. The van der Waals surface area contributed by atoms with Gasteiger partial charge in [-0.15, -0.1) is 0 Å². The molecule has 0 bridgehead atoms. The second kappa shape index (κ2) is 5.42. The minimum atomic E-state index is -3.58. The van der Waals surface area contributed by atoms with Gasteiger partial charge in [0.15, 0.2) is 0 Å². The lowest BCUT2D eigenvalue weighted by atomic mass is 10.1. The maximum Gasteiger partial charge on any atom is 0.261 e. The number of nitrogens with one attached hydrogen (secondary N) is 1. The third-order valence-electron chi connectivity index (χ3n) is 3.68. The first kappa shape index (κ1) is 14.5. The number of sulfonamides is 1. The van der Waals surface area contributed by atoms with Gasteiger partial charge in [0.1, 0.15) is 4.60 Å². The molecule has 0 unspecified atom stereocenters. The topological polar surface area (TPSA) is 59.1 Å². The molecule has 0 radical (unpaired) electrons. The molecule has 1 aromatic heterocycles. The van der Waals surface area contributed by atoms with E-state index in [9.17, 15) is 8.42 Å². The summed E-state index contributed by atoms with van der Waals surface area (Å²) in [5.41, 5.74) is 3.53. The van der Waals surface area contributed by atoms with Gasteiger partial charge in [-0.25, -0.2) is 13.4 Å². The number of nitrogens with zero attached hydrogens (tertiary/aromatic N) is 1. The Morgan fingerprint density at radius 1 is 1.14 bits per heavy atom. The summed E-state index contributed by atoms with van der Waals surface area (Å²) in [6.07, 6.45) is 3.10. The fourth-order valence-corrected chi connectivity index (χ4v) is 4.12. The minimum Gasteiger partial charge on any atom is -0.278 e. The van der Waals surface area contributed by atoms with Crippen molar-refractivity contribution in [3.63, 3.8) is 0 Å². The van der Waals surface area contributed by atoms with E-state index in [1.165, 1.54) is 5.56 Å². The predicted octanol–water partition coefficient (Wildman–Crippen LogP) is 3.44. The van der Waals surface area contributed by atoms with Crippen molar-refractivity contribution in [2.24, 2.45) is 0 Å². The highest BCUT2D eigenvalue weighted by Crippen LogP contribution is 2.26. The zero-order valence-corrected chi connectivity index (χ0v) is 14.0. The van der Waals surface area contributed by atoms with Gasteiger partial charge in [-0.2, -0.15) is 0 Å². The van der Waals surface area contributed by atoms with Gasteiger partial charge in [-0.1, -0.05) is 6.07 Å². The van der Waals surface area contributed by atoms with E-state index < -0.39 is 10.0 Å². The van der Waals surface area contributed by atoms with Gasteiger partial charge in [0.2, 0.25) is 0 Å². The molecular weight excluding hydrogens is 352 g/mol. The zero-order valence-electron chi connectivity index (χ0n) is 11.6. The number of pyridine rings is 1. The summed E-state index contributed by atoms with van der Waals surface area (Å²) in [5, 5.41) is 0. The Labute approximate surface area is 132 Å². The number of anilines is 1. The lowest BCUT2D eigenvalue weighted by Gasteiger charge is -2.11. The van der Waals surface area contributed by atoms with E-state index in [1.807, 2.05) is 6.07 Å². The number of halogens is 1. The van der Waals surface area contributed by atoms with E-state index in [0.29, 0.717) is 20.9 Å². The van der Waals surface area contributed by atoms with Crippen LogP contribution in [0.1, 0.15) is 23.2 Å². The number of aryl methyl sites for hydroxylation is 3. The van der Waals surface area contributed by atoms with Crippen molar-refractivity contribution in [2.45, 2.75) is 31.1 Å². The highest BCUT2D eigenvalue weighted by molar-refractivity contribution is 9.10. The van der Waals surface area contributed by atoms with Crippen molar-refractivity contribution >= 4 is 31.6 Å². The molecule has 0 fully saturated rings. The largest absolute Gasteiger partial charge is 0.278 e. The summed E-state index contributed by atoms with van der Waals surface area (Å²) in [6, 6.07) is 8.80. The Kier molecular flexibility index (Phi) is 3.75. The van der Waals surface area contributed by atoms with Crippen LogP contribution in [0.5, 0.6) is 0 Å². The molecule has 1 N–H and O–H groups in total. The van der Waals surface area contributed by atoms with Gasteiger partial charge in [0.25, 0.3) is 10.0 Å². The molecule has 3 rings (SSSR count). The molecule has 0 saturated heterocycles. The van der Waals surface area contributed by atoms with E-state index in [2.05, 4.69) is 25.6 Å². The molecule has 0 saturated carbocycles. The van der Waals surface area contributed by atoms with Crippen LogP contribution in [-0.2, 0) is 22.9 Å². The molecular formula is C15H15BrN2O2S. The van der Waals surface area contributed by atoms with Crippen LogP contribution in [0.2, 0.25) is 0 Å². The van der Waals surface area contributed by atoms with Crippen LogP contribution >= 0.6 is 15.9 Å². The van der Waals surface area contributed by atoms with Crippen LogP contribution in [-0.4, -0.2) is 13.4 Å². The van der Waals surface area contributed by atoms with Crippen molar-refractivity contribution in [1.29, 1.82) is 0 Å². The van der Waals surface area contributed by atoms with Crippen molar-refractivity contribution in [1.82, 2.24) is 4.98 Å². The lowest BCUT2D eigenvalue weighted by molar-refractivity contribution is 0.601. The van der Waals surface area contributed by atoms with E-state index in [4.69, 9.17) is 0 Å². The Morgan fingerprint density at radius 2 is 1.90 bits per heavy atom. The third-order valence-corrected chi connectivity index (χ3v) is 5.48. The second-order valence-electron chi connectivity index (χ2n) is 5.16. The molecule has 1 heterocycles. The Balaban J connectivity index is 1.93. The molecule has 0 aliphatic heterocycles. The zero-order chi connectivity index (χ0) is 15.0. The van der Waals surface area contributed by atoms with E-state index in [0.717, 1.165) is 24.8 Å². The monoisotopic (exact) mass is 366 g/mol. The molecule has 2 aromatic rings. The van der Waals surface area contributed by atoms with Crippen LogP contribution in [0.3, 0.4) is 0 Å². The summed E-state index contributed by atoms with van der Waals surface area (Å²) in [5.74, 6) is 0. The van der Waals surface area contributed by atoms with Crippen molar-refractivity contribution in [2.75, 3.05) is 4.72 Å². The van der Waals surface area contributed by atoms with E-state index in [1.54, 1.807) is 31.2 Å². The van der Waals surface area contributed by atoms with Crippen LogP contribution in [0.4, 0.5) is 5.69 Å². The first-order chi connectivity index (χ1) is 9.95. The first-order valence-corrected chi connectivity index (χ1v) is 9.01. The first-order valence-electron chi connectivity index (χ1n) is 6.73. The van der Waals surface area contributed by atoms with Crippen molar-refractivity contribution < 1.29 is 8.42 Å². The molecule has 0 amide bonds. The Morgan fingerprint density at radius 3 is 2.67 bits per heavy atom. The molecule has 0 atom stereocenters. The molecule has 110 valence electrons. The molecule has 0 spiro atoms. The standard InChI is InChI=1S/C15H15BrN2O2S/c1-10-14(7-8-15(16)17-10)18-21(19,20)13-6-5-11-3-2-4-12(11)9-13/h5-9,18H,2-4H2,1H3. The van der Waals surface area contributed by atoms with Gasteiger partial charge in [0, 0.05) is 0 Å². The SMILES string of the molecule is Cc1nc(Br)ccc1NS(=O)(=O)c1ccc2c(c1)CCC2. The molecule has 21 heavy (non-hydrogen) atoms. The smallest absolute Gasteiger partial charge is 0.261 e. The van der Waals surface area contributed by atoms with Gasteiger partial charge in [-0.3, -0.25) is 4.72 Å². The highest BCUT2D eigenvalue weighted by Gasteiger charge is 2.19. The quantitative estimate of drug-likeness (QED) is 0.846. The summed E-state index contributed by atoms with van der Waals surface area (Å²) < 4.78 is 28.3. The average molecular weight is 367 g/mol. The summed E-state index contributed by atoms with van der Waals surface area (Å²) in [4.78, 5) is 4.51. The maximum absolute atomic E-state index is 12.5. The Hall–Kier alpha value is -1.40. The third kappa shape index (κ3) is 2.96. The van der Waals surface area contributed by atoms with Crippen molar-refractivity contribution in [3.05, 3.63) is 51.8 Å². The van der Waals surface area contributed by atoms with E-state index in [-0.39, 0.29) is 0 Å². The fraction of sp³-hybridized carbons (Fsp3) is 0.267. The lowest BCUT2D eigenvalue weighted by Crippen LogP contribution is -2.14. The number of aromatic nitrogens is 1. The summed E-state index contributed by atoms with van der Waals surface area (Å²) in [6.45, 7) is 1.77. The normalized spacial score (nSPS) is 14.0. The molecule has 1 aliphatic rings. The molecule has 1 aromatic carbocycles. The van der Waals surface area contributed by atoms with Crippen molar-refractivity contribution in [3.8, 4) is 0 Å². The molecule has 6 heteroatoms. The summed E-state index contributed by atoms with van der Waals surface area (Å²) >= 11 is 3.27. The fourth-order valence-electron chi connectivity index (χ4n) is 2.56. The number of benzene rings is 1. The molecule has 1 aliphatic carbocycles. The highest BCUT2D eigenvalue weighted by atomic mass is 79.9. The predicted molar refractivity (Wildman–Crippen MR) is 85.9 cm³/mol. The van der Waals surface area contributed by atoms with Gasteiger partial charge < -0.3 is 0 Å². The van der Waals surface area contributed by atoms with Crippen LogP contribution in [0.25, 0.3) is 0 Å². The molecule has 4 nitrogen and oxygen atoms in total. The van der Waals surface area contributed by atoms with Crippen LogP contribution in [0.15, 0.2) is 39.8 Å². The minimum absolute atomic E-state index is 0.311. The van der Waals surface area contributed by atoms with Crippen LogP contribution in [0, 0.1) is 6.92 Å². The second-order valence-corrected chi connectivity index (χ2v) is 7.65. The number of hydrogen-bond acceptors (Lipinski definition) is 3. The average Bonchev–Trinajstić information content (AvgIpc) is 2.89. The van der Waals surface area contributed by atoms with Gasteiger partial charge in [0.05, 0.1) is 16.3 Å².